The molecule has 5 rings (SSSR count). The molecule has 0 saturated carbocycles. The maximum Gasteiger partial charge on any atom is 0.229 e. The van der Waals surface area contributed by atoms with E-state index < -0.39 is 7.14 Å². The van der Waals surface area contributed by atoms with Crippen LogP contribution in [-0.4, -0.2) is 63.6 Å². The van der Waals surface area contributed by atoms with Gasteiger partial charge in [-0.2, -0.15) is 4.98 Å². The van der Waals surface area contributed by atoms with Crippen LogP contribution in [0.2, 0.25) is 5.02 Å². The summed E-state index contributed by atoms with van der Waals surface area (Å²) in [6.07, 6.45) is 6.62. The van der Waals surface area contributed by atoms with Crippen LogP contribution in [0, 0.1) is 5.41 Å². The number of halogens is 1. The number of hydrogen-bond acceptors (Lipinski definition) is 8. The molecule has 0 aliphatic carbocycles. The maximum atomic E-state index is 12.9. The molecule has 0 amide bonds. The summed E-state index contributed by atoms with van der Waals surface area (Å²) in [6, 6.07) is 13.9. The highest BCUT2D eigenvalue weighted by Gasteiger charge is 2.35. The van der Waals surface area contributed by atoms with Gasteiger partial charge in [-0.05, 0) is 81.8 Å². The van der Waals surface area contributed by atoms with E-state index in [-0.39, 0.29) is 0 Å². The number of anilines is 5. The molecule has 8 nitrogen and oxygen atoms in total. The normalized spacial score (nSPS) is 17.2. The van der Waals surface area contributed by atoms with Gasteiger partial charge in [0.1, 0.15) is 17.9 Å². The Morgan fingerprint density at radius 2 is 1.82 bits per heavy atom. The van der Waals surface area contributed by atoms with Crippen LogP contribution in [0.3, 0.4) is 0 Å². The first kappa shape index (κ1) is 27.8. The minimum Gasteiger partial charge on any atom is -0.494 e. The van der Waals surface area contributed by atoms with Crippen molar-refractivity contribution in [1.82, 2.24) is 15.3 Å². The summed E-state index contributed by atoms with van der Waals surface area (Å²) >= 11 is 6.53. The van der Waals surface area contributed by atoms with Crippen molar-refractivity contribution in [3.05, 3.63) is 53.7 Å². The van der Waals surface area contributed by atoms with Crippen LogP contribution >= 0.6 is 18.7 Å². The first-order valence-electron chi connectivity index (χ1n) is 13.5. The number of nitrogens with one attached hydrogen (secondary N) is 2. The topological polar surface area (TPSA) is 82.6 Å². The molecule has 2 N–H and O–H groups in total. The predicted molar refractivity (Wildman–Crippen MR) is 163 cm³/mol. The molecule has 2 aliphatic heterocycles. The molecule has 3 heterocycles. The Morgan fingerprint density at radius 3 is 2.51 bits per heavy atom. The smallest absolute Gasteiger partial charge is 0.229 e. The van der Waals surface area contributed by atoms with Crippen molar-refractivity contribution in [3.8, 4) is 5.75 Å². The van der Waals surface area contributed by atoms with Gasteiger partial charge in [0.05, 0.1) is 24.7 Å². The molecular formula is C29H38ClN6O2P. The highest BCUT2D eigenvalue weighted by atomic mass is 35.5. The van der Waals surface area contributed by atoms with Crippen molar-refractivity contribution in [3.63, 3.8) is 0 Å². The summed E-state index contributed by atoms with van der Waals surface area (Å²) in [7, 11) is 1.03. The Morgan fingerprint density at radius 1 is 1.10 bits per heavy atom. The number of ether oxygens (including phenoxy) is 1. The lowest BCUT2D eigenvalue weighted by atomic mass is 9.71. The lowest BCUT2D eigenvalue weighted by Gasteiger charge is -2.45. The first-order chi connectivity index (χ1) is 18.7. The van der Waals surface area contributed by atoms with Crippen LogP contribution in [0.1, 0.15) is 25.7 Å². The Labute approximate surface area is 236 Å². The fraction of sp³-hybridized carbons (Fsp3) is 0.448. The van der Waals surface area contributed by atoms with Crippen molar-refractivity contribution < 1.29 is 9.30 Å². The molecule has 2 fully saturated rings. The van der Waals surface area contributed by atoms with Crippen molar-refractivity contribution >= 4 is 52.9 Å². The van der Waals surface area contributed by atoms with Gasteiger partial charge in [-0.15, -0.1) is 0 Å². The number of hydrogen-bond donors (Lipinski definition) is 2. The molecule has 0 bridgehead atoms. The summed E-state index contributed by atoms with van der Waals surface area (Å²) < 4.78 is 18.7. The molecule has 1 spiro atoms. The van der Waals surface area contributed by atoms with Crippen molar-refractivity contribution in [1.29, 1.82) is 0 Å². The van der Waals surface area contributed by atoms with Crippen LogP contribution < -0.4 is 30.5 Å². The molecule has 2 saturated heterocycles. The zero-order valence-electron chi connectivity index (χ0n) is 23.2. The van der Waals surface area contributed by atoms with Gasteiger partial charge in [0.15, 0.2) is 5.82 Å². The third kappa shape index (κ3) is 6.03. The second-order valence-electron chi connectivity index (χ2n) is 11.0. The predicted octanol–water partition coefficient (Wildman–Crippen LogP) is 5.87. The van der Waals surface area contributed by atoms with Crippen LogP contribution in [-0.2, 0) is 4.57 Å². The van der Waals surface area contributed by atoms with Gasteiger partial charge >= 0.3 is 0 Å². The van der Waals surface area contributed by atoms with E-state index in [1.54, 1.807) is 26.6 Å². The lowest BCUT2D eigenvalue weighted by molar-refractivity contribution is 0.155. The molecule has 1 aromatic heterocycles. The number of benzene rings is 2. The monoisotopic (exact) mass is 568 g/mol. The lowest BCUT2D eigenvalue weighted by Crippen LogP contribution is -2.45. The van der Waals surface area contributed by atoms with Crippen molar-refractivity contribution in [2.24, 2.45) is 5.41 Å². The van der Waals surface area contributed by atoms with Crippen LogP contribution in [0.4, 0.5) is 28.8 Å². The van der Waals surface area contributed by atoms with Crippen LogP contribution in [0.25, 0.3) is 0 Å². The molecule has 39 heavy (non-hydrogen) atoms. The molecule has 2 aliphatic rings. The second kappa shape index (κ2) is 11.4. The molecule has 0 atom stereocenters. The standard InChI is InChI=1S/C29H38ClN6O2P/c1-35(24-7-5-6-8-26(24)39(3,4)37)27-22(30)20-32-28(34-27)33-23-10-9-21(19-25(23)38-2)36-17-13-29(14-18-36)11-15-31-16-12-29/h5-10,19-20,31H,11-18H2,1-4H3,(H,32,33,34). The largest absolute Gasteiger partial charge is 0.494 e. The maximum absolute atomic E-state index is 12.9. The molecule has 0 radical (unpaired) electrons. The fourth-order valence-corrected chi connectivity index (χ4v) is 7.21. The zero-order valence-corrected chi connectivity index (χ0v) is 24.9. The average molecular weight is 569 g/mol. The summed E-state index contributed by atoms with van der Waals surface area (Å²) in [5, 5.41) is 7.98. The summed E-state index contributed by atoms with van der Waals surface area (Å²) in [5.41, 5.74) is 3.25. The molecular weight excluding hydrogens is 531 g/mol. The van der Waals surface area contributed by atoms with Gasteiger partial charge in [-0.25, -0.2) is 4.98 Å². The van der Waals surface area contributed by atoms with E-state index in [0.29, 0.717) is 22.2 Å². The fourth-order valence-electron chi connectivity index (χ4n) is 5.77. The summed E-state index contributed by atoms with van der Waals surface area (Å²) in [5.74, 6) is 1.64. The molecule has 0 unspecified atom stereocenters. The van der Waals surface area contributed by atoms with Crippen LogP contribution in [0.15, 0.2) is 48.7 Å². The van der Waals surface area contributed by atoms with Gasteiger partial charge < -0.3 is 29.7 Å². The third-order valence-electron chi connectivity index (χ3n) is 8.15. The minimum atomic E-state index is -2.52. The average Bonchev–Trinajstić information content (AvgIpc) is 2.94. The third-order valence-corrected chi connectivity index (χ3v) is 9.96. The zero-order chi connectivity index (χ0) is 27.6. The van der Waals surface area contributed by atoms with E-state index in [0.717, 1.165) is 48.6 Å². The van der Waals surface area contributed by atoms with Gasteiger partial charge in [0, 0.05) is 37.2 Å². The van der Waals surface area contributed by atoms with Gasteiger partial charge in [0.2, 0.25) is 5.95 Å². The van der Waals surface area contributed by atoms with Crippen LogP contribution in [0.5, 0.6) is 5.75 Å². The van der Waals surface area contributed by atoms with E-state index in [1.807, 2.05) is 42.3 Å². The Kier molecular flexibility index (Phi) is 8.08. The molecule has 208 valence electrons. The molecule has 10 heteroatoms. The van der Waals surface area contributed by atoms with Crippen molar-refractivity contribution in [2.75, 3.05) is 68.8 Å². The SMILES string of the molecule is COc1cc(N2CCC3(CCNCC3)CC2)ccc1Nc1ncc(Cl)c(N(C)c2ccccc2P(C)(C)=O)n1. The first-order valence-corrected chi connectivity index (χ1v) is 16.5. The van der Waals surface area contributed by atoms with E-state index in [2.05, 4.69) is 32.7 Å². The highest BCUT2D eigenvalue weighted by Crippen LogP contribution is 2.42. The number of nitrogens with zero attached hydrogens (tertiary/aromatic N) is 4. The van der Waals surface area contributed by atoms with Gasteiger partial charge in [0.25, 0.3) is 0 Å². The minimum absolute atomic E-state index is 0.395. The second-order valence-corrected chi connectivity index (χ2v) is 14.6. The number of aromatic nitrogens is 2. The molecule has 3 aromatic rings. The molecule has 2 aromatic carbocycles. The summed E-state index contributed by atoms with van der Waals surface area (Å²) in [4.78, 5) is 13.4. The number of piperidine rings is 2. The quantitative estimate of drug-likeness (QED) is 0.343. The Bertz CT molecular complexity index is 1360. The van der Waals surface area contributed by atoms with Gasteiger partial charge in [-0.1, -0.05) is 23.7 Å². The Balaban J connectivity index is 1.35. The van der Waals surface area contributed by atoms with E-state index in [4.69, 9.17) is 21.3 Å². The number of para-hydroxylation sites is 1. The Hall–Kier alpha value is -2.80. The van der Waals surface area contributed by atoms with Crippen molar-refractivity contribution in [2.45, 2.75) is 25.7 Å². The number of rotatable bonds is 7. The van der Waals surface area contributed by atoms with E-state index >= 15 is 0 Å². The van der Waals surface area contributed by atoms with Gasteiger partial charge in [-0.3, -0.25) is 0 Å². The van der Waals surface area contributed by atoms with E-state index in [9.17, 15) is 4.57 Å². The highest BCUT2D eigenvalue weighted by molar-refractivity contribution is 7.70. The van der Waals surface area contributed by atoms with E-state index in [1.165, 1.54) is 31.4 Å². The number of methoxy groups -OCH3 is 1. The summed E-state index contributed by atoms with van der Waals surface area (Å²) in [6.45, 7) is 7.94.